The molecule has 64 heavy (non-hydrogen) atoms. The predicted molar refractivity (Wildman–Crippen MR) is 267 cm³/mol. The highest BCUT2D eigenvalue weighted by molar-refractivity contribution is 7.99. The van der Waals surface area contributed by atoms with Crippen molar-refractivity contribution < 1.29 is 14.3 Å². The Hall–Kier alpha value is -2.38. The third-order valence-corrected chi connectivity index (χ3v) is 26.8. The predicted octanol–water partition coefficient (Wildman–Crippen LogP) is 12.6. The molecule has 0 bridgehead atoms. The van der Waals surface area contributed by atoms with Crippen LogP contribution < -0.4 is 10.1 Å². The summed E-state index contributed by atoms with van der Waals surface area (Å²) in [6, 6.07) is 7.28. The quantitative estimate of drug-likeness (QED) is 0.102. The summed E-state index contributed by atoms with van der Waals surface area (Å²) < 4.78 is 12.8. The number of esters is 1. The molecule has 8 rings (SSSR count). The van der Waals surface area contributed by atoms with Gasteiger partial charge in [-0.1, -0.05) is 98.9 Å². The van der Waals surface area contributed by atoms with Gasteiger partial charge >= 0.3 is 5.97 Å². The molecule has 4 saturated carbocycles. The minimum absolute atomic E-state index is 0.0622. The number of carbonyl (C=O) groups excluding carboxylic acids is 1. The SMILES string of the molecule is C=C(C)[C@@H]1CC[C@]2(NCCN3CCSCC3)CC[C@]3(C)[C@H](CC[C@@H]4[C@@]5(C)CC=C(C6=CCC(C(=O)OC(Oc7cccc(C#N)n7)[Si](C)(C)C(C)(C)C)CC6)C(C)(C)[C@@H]5CC[C@]43C)[C@@H]12. The molecule has 1 saturated heterocycles. The molecular formula is C55H84N4O3SSi. The summed E-state index contributed by atoms with van der Waals surface area (Å²) in [4.78, 5) is 21.1. The Kier molecular flexibility index (Phi) is 13.2. The maximum atomic E-state index is 14.1. The van der Waals surface area contributed by atoms with Crippen LogP contribution in [-0.4, -0.2) is 73.1 Å². The summed E-state index contributed by atoms with van der Waals surface area (Å²) >= 11 is 2.11. The second kappa shape index (κ2) is 17.6. The highest BCUT2D eigenvalue weighted by Gasteiger charge is 2.70. The maximum absolute atomic E-state index is 14.1. The van der Waals surface area contributed by atoms with E-state index in [0.29, 0.717) is 46.8 Å². The van der Waals surface area contributed by atoms with Gasteiger partial charge < -0.3 is 19.7 Å². The van der Waals surface area contributed by atoms with E-state index in [9.17, 15) is 10.1 Å². The summed E-state index contributed by atoms with van der Waals surface area (Å²) in [5.41, 5.74) is 5.96. The molecule has 9 heteroatoms. The first kappa shape index (κ1) is 48.1. The molecule has 1 aromatic rings. The zero-order valence-corrected chi connectivity index (χ0v) is 43.7. The largest absolute Gasteiger partial charge is 0.442 e. The van der Waals surface area contributed by atoms with Gasteiger partial charge in [0, 0.05) is 49.3 Å². The molecule has 0 radical (unpaired) electrons. The second-order valence-electron chi connectivity index (χ2n) is 24.8. The number of fused-ring (bicyclic) bond motifs is 7. The van der Waals surface area contributed by atoms with Crippen LogP contribution in [0.1, 0.15) is 145 Å². The molecule has 5 fully saturated rings. The number of thioether (sulfide) groups is 1. The Bertz CT molecular complexity index is 2040. The lowest BCUT2D eigenvalue weighted by molar-refractivity contribution is -0.221. The van der Waals surface area contributed by atoms with Gasteiger partial charge in [0.05, 0.1) is 5.92 Å². The number of hydrogen-bond acceptors (Lipinski definition) is 8. The molecule has 1 aliphatic heterocycles. The Morgan fingerprint density at radius 3 is 2.42 bits per heavy atom. The molecule has 11 atom stereocenters. The standard InChI is InChI=1S/C55H84N4O3SSi/c1-37(2)41-22-27-55(57-30-31-59-32-34-63-35-33-59)29-28-53(9)43(47(41)55)20-21-45-52(8)25-23-42(51(6,7)44(52)24-26-54(45,53)10)38-16-18-39(19-17-38)48(60)62-49(64(11,12)50(3,4)5)61-46-15-13-14-40(36-56)58-46/h13-16,23,39,41,43-45,47,49,57H,1,17-22,24-35H2,2-12H3/t39?,41-,43+,44-,45+,47+,49?,52-,53+,54+,55-/m0/s1. The van der Waals surface area contributed by atoms with Gasteiger partial charge in [0.2, 0.25) is 11.8 Å². The number of ether oxygens (including phenoxy) is 2. The van der Waals surface area contributed by atoms with Gasteiger partial charge in [0.25, 0.3) is 0 Å². The van der Waals surface area contributed by atoms with E-state index in [4.69, 9.17) is 9.47 Å². The molecule has 6 aliphatic carbocycles. The summed E-state index contributed by atoms with van der Waals surface area (Å²) in [5.74, 6) is 5.22. The van der Waals surface area contributed by atoms with E-state index in [2.05, 4.69) is 127 Å². The van der Waals surface area contributed by atoms with Crippen molar-refractivity contribution >= 4 is 25.8 Å². The highest BCUT2D eigenvalue weighted by atomic mass is 32.2. The van der Waals surface area contributed by atoms with Crippen LogP contribution in [0.5, 0.6) is 5.88 Å². The van der Waals surface area contributed by atoms with Gasteiger partial charge in [-0.3, -0.25) is 4.79 Å². The van der Waals surface area contributed by atoms with E-state index >= 15 is 0 Å². The van der Waals surface area contributed by atoms with E-state index in [1.807, 2.05) is 0 Å². The van der Waals surface area contributed by atoms with Crippen molar-refractivity contribution in [2.45, 2.75) is 169 Å². The van der Waals surface area contributed by atoms with Crippen LogP contribution in [0.4, 0.5) is 0 Å². The Morgan fingerprint density at radius 2 is 1.75 bits per heavy atom. The third-order valence-electron chi connectivity index (χ3n) is 20.6. The topological polar surface area (TPSA) is 87.5 Å². The van der Waals surface area contributed by atoms with Crippen molar-refractivity contribution in [3.63, 3.8) is 0 Å². The van der Waals surface area contributed by atoms with E-state index < -0.39 is 14.0 Å². The lowest BCUT2D eigenvalue weighted by atomic mass is 9.33. The molecule has 7 aliphatic rings. The van der Waals surface area contributed by atoms with E-state index in [0.717, 1.165) is 31.7 Å². The van der Waals surface area contributed by atoms with E-state index in [1.165, 1.54) is 93.7 Å². The fourth-order valence-corrected chi connectivity index (χ4v) is 18.2. The number of allylic oxidation sites excluding steroid dienone is 5. The van der Waals surface area contributed by atoms with Crippen molar-refractivity contribution in [1.82, 2.24) is 15.2 Å². The molecule has 2 heterocycles. The number of hydrogen-bond donors (Lipinski definition) is 1. The fourth-order valence-electron chi connectivity index (χ4n) is 15.7. The van der Waals surface area contributed by atoms with Crippen molar-refractivity contribution in [2.24, 2.45) is 57.2 Å². The summed E-state index contributed by atoms with van der Waals surface area (Å²) in [6.07, 6.45) is 19.3. The number of nitrogens with one attached hydrogen (secondary N) is 1. The zero-order chi connectivity index (χ0) is 46.1. The molecule has 7 nitrogen and oxygen atoms in total. The van der Waals surface area contributed by atoms with Crippen molar-refractivity contribution in [1.29, 1.82) is 5.26 Å². The van der Waals surface area contributed by atoms with Crippen LogP contribution in [0.15, 0.2) is 53.6 Å². The van der Waals surface area contributed by atoms with Gasteiger partial charge in [-0.15, -0.1) is 0 Å². The minimum atomic E-state index is -2.34. The van der Waals surface area contributed by atoms with Crippen LogP contribution >= 0.6 is 11.8 Å². The van der Waals surface area contributed by atoms with Crippen molar-refractivity contribution in [3.05, 3.63) is 59.3 Å². The number of nitriles is 1. The molecule has 2 unspecified atom stereocenters. The van der Waals surface area contributed by atoms with Gasteiger partial charge in [0.1, 0.15) is 11.8 Å². The maximum Gasteiger partial charge on any atom is 0.312 e. The van der Waals surface area contributed by atoms with Crippen LogP contribution in [0.2, 0.25) is 18.1 Å². The van der Waals surface area contributed by atoms with Crippen molar-refractivity contribution in [2.75, 3.05) is 37.7 Å². The molecule has 0 spiro atoms. The van der Waals surface area contributed by atoms with Gasteiger partial charge in [-0.25, -0.2) is 4.98 Å². The lowest BCUT2D eigenvalue weighted by Crippen LogP contribution is -2.68. The average Bonchev–Trinajstić information content (AvgIpc) is 3.63. The molecule has 352 valence electrons. The summed E-state index contributed by atoms with van der Waals surface area (Å²) in [7, 11) is -2.34. The first-order valence-corrected chi connectivity index (χ1v) is 29.7. The summed E-state index contributed by atoms with van der Waals surface area (Å²) in [6.45, 7) is 36.3. The first-order chi connectivity index (χ1) is 30.1. The first-order valence-electron chi connectivity index (χ1n) is 25.5. The molecule has 0 amide bonds. The van der Waals surface area contributed by atoms with Crippen molar-refractivity contribution in [3.8, 4) is 11.9 Å². The monoisotopic (exact) mass is 909 g/mol. The van der Waals surface area contributed by atoms with Crippen LogP contribution in [0.3, 0.4) is 0 Å². The van der Waals surface area contributed by atoms with E-state index in [1.54, 1.807) is 23.8 Å². The highest BCUT2D eigenvalue weighted by Crippen LogP contribution is 2.76. The third kappa shape index (κ3) is 8.14. The number of aromatic nitrogens is 1. The molecule has 0 aromatic carbocycles. The number of rotatable bonds is 11. The van der Waals surface area contributed by atoms with Crippen LogP contribution in [-0.2, 0) is 9.53 Å². The Labute approximate surface area is 393 Å². The number of pyridine rings is 1. The van der Waals surface area contributed by atoms with Gasteiger partial charge in [-0.2, -0.15) is 17.0 Å². The molecule has 1 aromatic heterocycles. The fraction of sp³-hybridized carbons (Fsp3) is 0.764. The van der Waals surface area contributed by atoms with Gasteiger partial charge in [0.15, 0.2) is 8.07 Å². The number of carbonyl (C=O) groups is 1. The smallest absolute Gasteiger partial charge is 0.312 e. The van der Waals surface area contributed by atoms with Crippen LogP contribution in [0, 0.1) is 68.5 Å². The van der Waals surface area contributed by atoms with Crippen LogP contribution in [0.25, 0.3) is 0 Å². The summed E-state index contributed by atoms with van der Waals surface area (Å²) in [5, 5.41) is 13.7. The number of nitrogens with zero attached hydrogens (tertiary/aromatic N) is 3. The normalized spacial score (nSPS) is 37.9. The molecular weight excluding hydrogens is 825 g/mol. The van der Waals surface area contributed by atoms with E-state index in [-0.39, 0.29) is 39.0 Å². The Morgan fingerprint density at radius 1 is 1.00 bits per heavy atom. The zero-order valence-electron chi connectivity index (χ0n) is 41.8. The van der Waals surface area contributed by atoms with Gasteiger partial charge in [-0.05, 0) is 157 Å². The Balaban J connectivity index is 0.979. The second-order valence-corrected chi connectivity index (χ2v) is 31.4. The average molecular weight is 909 g/mol. The lowest BCUT2D eigenvalue weighted by Gasteiger charge is -2.72. The minimum Gasteiger partial charge on any atom is -0.442 e. The molecule has 1 N–H and O–H groups in total.